The Kier molecular flexibility index (Phi) is 6.31. The van der Waals surface area contributed by atoms with Gasteiger partial charge in [-0.15, -0.1) is 11.3 Å². The minimum Gasteiger partial charge on any atom is -0.457 e. The minimum atomic E-state index is -0.392. The van der Waals surface area contributed by atoms with Crippen LogP contribution in [0.1, 0.15) is 24.3 Å². The van der Waals surface area contributed by atoms with Crippen molar-refractivity contribution in [2.75, 3.05) is 0 Å². The molecule has 1 aromatic carbocycles. The molecule has 0 N–H and O–H groups in total. The number of carbonyl (C=O) groups is 2. The molecule has 2 rings (SSSR count). The molecule has 0 radical (unpaired) electrons. The molecule has 0 saturated carbocycles. The molecule has 130 valence electrons. The van der Waals surface area contributed by atoms with Gasteiger partial charge in [0.2, 0.25) is 0 Å². The fourth-order valence-electron chi connectivity index (χ4n) is 1.91. The van der Waals surface area contributed by atoms with Crippen LogP contribution in [0.4, 0.5) is 0 Å². The highest BCUT2D eigenvalue weighted by atomic mass is 32.1. The van der Waals surface area contributed by atoms with Crippen molar-refractivity contribution in [1.29, 1.82) is 0 Å². The fourth-order valence-corrected chi connectivity index (χ4v) is 2.83. The number of benzene rings is 1. The van der Waals surface area contributed by atoms with Crippen molar-refractivity contribution in [3.8, 4) is 10.4 Å². The second-order valence-corrected chi connectivity index (χ2v) is 6.84. The van der Waals surface area contributed by atoms with E-state index in [0.29, 0.717) is 11.1 Å². The molecular weight excluding hydrogens is 336 g/mol. The molecule has 0 aliphatic heterocycles. The van der Waals surface area contributed by atoms with Crippen LogP contribution in [-0.2, 0) is 32.3 Å². The Morgan fingerprint density at radius 1 is 0.880 bits per heavy atom. The Hall–Kier alpha value is -2.66. The number of ether oxygens (including phenoxy) is 2. The average molecular weight is 356 g/mol. The molecule has 4 nitrogen and oxygen atoms in total. The number of hydrogen-bond acceptors (Lipinski definition) is 5. The summed E-state index contributed by atoms with van der Waals surface area (Å²) in [7, 11) is 0. The highest BCUT2D eigenvalue weighted by molar-refractivity contribution is 7.15. The molecular formula is C20H20O4S. The number of carbonyl (C=O) groups excluding carboxylic acids is 2. The monoisotopic (exact) mass is 356 g/mol. The molecule has 25 heavy (non-hydrogen) atoms. The van der Waals surface area contributed by atoms with Gasteiger partial charge in [-0.2, -0.15) is 0 Å². The van der Waals surface area contributed by atoms with Crippen molar-refractivity contribution in [3.63, 3.8) is 0 Å². The summed E-state index contributed by atoms with van der Waals surface area (Å²) in [6, 6.07) is 11.7. The van der Waals surface area contributed by atoms with Crippen LogP contribution in [0.25, 0.3) is 10.4 Å². The molecule has 1 heterocycles. The molecule has 0 unspecified atom stereocenters. The van der Waals surface area contributed by atoms with Crippen LogP contribution < -0.4 is 0 Å². The predicted octanol–water partition coefficient (Wildman–Crippen LogP) is 4.65. The third-order valence-corrected chi connectivity index (χ3v) is 4.42. The molecule has 2 aromatic rings. The normalized spacial score (nSPS) is 10.2. The van der Waals surface area contributed by atoms with Crippen molar-refractivity contribution in [2.45, 2.75) is 27.1 Å². The van der Waals surface area contributed by atoms with E-state index in [2.05, 4.69) is 13.2 Å². The smallest absolute Gasteiger partial charge is 0.333 e. The quantitative estimate of drug-likeness (QED) is 0.535. The second-order valence-electron chi connectivity index (χ2n) is 5.68. The van der Waals surface area contributed by atoms with E-state index >= 15 is 0 Å². The molecule has 0 atom stereocenters. The van der Waals surface area contributed by atoms with Crippen molar-refractivity contribution < 1.29 is 19.1 Å². The van der Waals surface area contributed by atoms with Gasteiger partial charge in [-0.3, -0.25) is 0 Å². The maximum atomic E-state index is 11.4. The molecule has 5 heteroatoms. The lowest BCUT2D eigenvalue weighted by Gasteiger charge is -2.05. The molecule has 0 aliphatic carbocycles. The first-order valence-corrected chi connectivity index (χ1v) is 8.51. The number of rotatable bonds is 7. The van der Waals surface area contributed by atoms with Crippen LogP contribution in [0.2, 0.25) is 0 Å². The molecule has 0 saturated heterocycles. The summed E-state index contributed by atoms with van der Waals surface area (Å²) < 4.78 is 10.3. The first kappa shape index (κ1) is 18.7. The molecule has 0 fully saturated rings. The zero-order chi connectivity index (χ0) is 18.4. The standard InChI is InChI=1S/C20H20O4S/c1-13(2)19(21)23-11-15-5-7-16(8-6-15)18-10-9-17(25-18)12-24-20(22)14(3)4/h5-10H,1,3,11-12H2,2,4H3. The summed E-state index contributed by atoms with van der Waals surface area (Å²) in [4.78, 5) is 24.9. The predicted molar refractivity (Wildman–Crippen MR) is 99.0 cm³/mol. The van der Waals surface area contributed by atoms with E-state index in [0.717, 1.165) is 20.9 Å². The summed E-state index contributed by atoms with van der Waals surface area (Å²) in [5, 5.41) is 0. The van der Waals surface area contributed by atoms with Gasteiger partial charge in [0.15, 0.2) is 0 Å². The lowest BCUT2D eigenvalue weighted by atomic mass is 10.1. The lowest BCUT2D eigenvalue weighted by Crippen LogP contribution is -2.04. The second kappa shape index (κ2) is 8.44. The molecule has 0 aliphatic rings. The maximum absolute atomic E-state index is 11.4. The molecule has 0 bridgehead atoms. The molecule has 0 amide bonds. The van der Waals surface area contributed by atoms with Crippen LogP contribution in [0.15, 0.2) is 60.7 Å². The van der Waals surface area contributed by atoms with E-state index in [-0.39, 0.29) is 19.2 Å². The van der Waals surface area contributed by atoms with Crippen LogP contribution in [0.3, 0.4) is 0 Å². The van der Waals surface area contributed by atoms with E-state index in [1.165, 1.54) is 0 Å². The van der Waals surface area contributed by atoms with E-state index in [9.17, 15) is 9.59 Å². The number of thiophene rings is 1. The molecule has 1 aromatic heterocycles. The first-order valence-electron chi connectivity index (χ1n) is 7.70. The van der Waals surface area contributed by atoms with Gasteiger partial charge in [0.25, 0.3) is 0 Å². The maximum Gasteiger partial charge on any atom is 0.333 e. The van der Waals surface area contributed by atoms with E-state index in [1.54, 1.807) is 25.2 Å². The zero-order valence-corrected chi connectivity index (χ0v) is 15.2. The van der Waals surface area contributed by atoms with Gasteiger partial charge < -0.3 is 9.47 Å². The van der Waals surface area contributed by atoms with Gasteiger partial charge in [-0.1, -0.05) is 37.4 Å². The van der Waals surface area contributed by atoms with Crippen LogP contribution in [0.5, 0.6) is 0 Å². The van der Waals surface area contributed by atoms with Gasteiger partial charge >= 0.3 is 11.9 Å². The summed E-state index contributed by atoms with van der Waals surface area (Å²) >= 11 is 1.56. The largest absolute Gasteiger partial charge is 0.457 e. The lowest BCUT2D eigenvalue weighted by molar-refractivity contribution is -0.141. The Labute approximate surface area is 151 Å². The average Bonchev–Trinajstić information content (AvgIpc) is 3.06. The van der Waals surface area contributed by atoms with Gasteiger partial charge in [-0.25, -0.2) is 9.59 Å². The zero-order valence-electron chi connectivity index (χ0n) is 14.3. The van der Waals surface area contributed by atoms with Gasteiger partial charge in [0.05, 0.1) is 0 Å². The summed E-state index contributed by atoms with van der Waals surface area (Å²) in [5.41, 5.74) is 2.73. The molecule has 0 spiro atoms. The van der Waals surface area contributed by atoms with Crippen LogP contribution in [0, 0.1) is 0 Å². The first-order chi connectivity index (χ1) is 11.9. The Morgan fingerprint density at radius 3 is 2.00 bits per heavy atom. The topological polar surface area (TPSA) is 52.6 Å². The minimum absolute atomic E-state index is 0.221. The summed E-state index contributed by atoms with van der Waals surface area (Å²) in [6.07, 6.45) is 0. The van der Waals surface area contributed by atoms with Crippen LogP contribution in [-0.4, -0.2) is 11.9 Å². The van der Waals surface area contributed by atoms with Gasteiger partial charge in [0, 0.05) is 20.9 Å². The van der Waals surface area contributed by atoms with Crippen molar-refractivity contribution in [3.05, 3.63) is 71.1 Å². The number of hydrogen-bond donors (Lipinski definition) is 0. The fraction of sp³-hybridized carbons (Fsp3) is 0.200. The Bertz CT molecular complexity index is 799. The van der Waals surface area contributed by atoms with Crippen molar-refractivity contribution >= 4 is 23.3 Å². The van der Waals surface area contributed by atoms with E-state index in [1.807, 2.05) is 36.4 Å². The van der Waals surface area contributed by atoms with E-state index in [4.69, 9.17) is 9.47 Å². The van der Waals surface area contributed by atoms with Gasteiger partial charge in [-0.05, 0) is 37.1 Å². The van der Waals surface area contributed by atoms with E-state index < -0.39 is 5.97 Å². The highest BCUT2D eigenvalue weighted by Gasteiger charge is 2.08. The summed E-state index contributed by atoms with van der Waals surface area (Å²) in [5.74, 6) is -0.778. The number of esters is 2. The summed E-state index contributed by atoms with van der Waals surface area (Å²) in [6.45, 7) is 10.8. The third kappa shape index (κ3) is 5.43. The highest BCUT2D eigenvalue weighted by Crippen LogP contribution is 2.29. The third-order valence-electron chi connectivity index (χ3n) is 3.31. The Morgan fingerprint density at radius 2 is 1.44 bits per heavy atom. The Balaban J connectivity index is 1.96. The van der Waals surface area contributed by atoms with Gasteiger partial charge in [0.1, 0.15) is 13.2 Å². The van der Waals surface area contributed by atoms with Crippen molar-refractivity contribution in [2.24, 2.45) is 0 Å². The van der Waals surface area contributed by atoms with Crippen molar-refractivity contribution in [1.82, 2.24) is 0 Å². The SMILES string of the molecule is C=C(C)C(=O)OCc1ccc(-c2ccc(COC(=O)C(=C)C)s2)cc1. The van der Waals surface area contributed by atoms with Crippen LogP contribution >= 0.6 is 11.3 Å².